The smallest absolute Gasteiger partial charge is 0.224 e. The fraction of sp³-hybridized carbons (Fsp3) is 0.294. The van der Waals surface area contributed by atoms with E-state index in [1.54, 1.807) is 6.20 Å². The minimum Gasteiger partial charge on any atom is -0.494 e. The van der Waals surface area contributed by atoms with Crippen molar-refractivity contribution in [3.63, 3.8) is 0 Å². The summed E-state index contributed by atoms with van der Waals surface area (Å²) in [5.41, 5.74) is 2.79. The maximum atomic E-state index is 11.9. The van der Waals surface area contributed by atoms with Crippen LogP contribution in [0.3, 0.4) is 0 Å². The predicted molar refractivity (Wildman–Crippen MR) is 83.5 cm³/mol. The molecular weight excluding hydrogens is 264 g/mol. The normalized spacial score (nSPS) is 10.2. The number of pyridine rings is 1. The third-order valence-corrected chi connectivity index (χ3v) is 3.07. The number of nitrogens with zero attached hydrogens (tertiary/aromatic N) is 1. The molecular formula is C17H20N2O2. The van der Waals surface area contributed by atoms with Crippen molar-refractivity contribution in [1.82, 2.24) is 4.98 Å². The first-order valence-electron chi connectivity index (χ1n) is 7.11. The summed E-state index contributed by atoms with van der Waals surface area (Å²) in [6.07, 6.45) is 2.82. The quantitative estimate of drug-likeness (QED) is 0.885. The lowest BCUT2D eigenvalue weighted by Crippen LogP contribution is -2.12. The van der Waals surface area contributed by atoms with Crippen LogP contribution in [-0.4, -0.2) is 17.5 Å². The zero-order valence-corrected chi connectivity index (χ0v) is 12.4. The van der Waals surface area contributed by atoms with Crippen LogP contribution >= 0.6 is 0 Å². The van der Waals surface area contributed by atoms with Crippen LogP contribution < -0.4 is 10.1 Å². The molecule has 0 saturated carbocycles. The number of amides is 1. The number of carbonyl (C=O) groups excluding carboxylic acids is 1. The number of benzene rings is 1. The van der Waals surface area contributed by atoms with Crippen molar-refractivity contribution in [3.8, 4) is 5.75 Å². The van der Waals surface area contributed by atoms with Crippen molar-refractivity contribution in [2.75, 3.05) is 11.9 Å². The zero-order chi connectivity index (χ0) is 15.1. The van der Waals surface area contributed by atoms with E-state index in [-0.39, 0.29) is 5.91 Å². The Bertz CT molecular complexity index is 577. The van der Waals surface area contributed by atoms with Gasteiger partial charge in [0.1, 0.15) is 5.75 Å². The van der Waals surface area contributed by atoms with E-state index in [1.165, 1.54) is 0 Å². The third kappa shape index (κ3) is 4.91. The number of hydrogen-bond acceptors (Lipinski definition) is 3. The Morgan fingerprint density at radius 3 is 2.57 bits per heavy atom. The molecule has 1 N–H and O–H groups in total. The first kappa shape index (κ1) is 15.0. The van der Waals surface area contributed by atoms with Gasteiger partial charge < -0.3 is 10.1 Å². The number of aromatic nitrogens is 1. The Labute approximate surface area is 125 Å². The van der Waals surface area contributed by atoms with Crippen molar-refractivity contribution < 1.29 is 9.53 Å². The molecule has 110 valence electrons. The highest BCUT2D eigenvalue weighted by molar-refractivity contribution is 5.90. The van der Waals surface area contributed by atoms with E-state index in [1.807, 2.05) is 50.2 Å². The maximum Gasteiger partial charge on any atom is 0.224 e. The molecule has 4 heteroatoms. The van der Waals surface area contributed by atoms with Gasteiger partial charge in [-0.1, -0.05) is 12.1 Å². The van der Waals surface area contributed by atoms with Gasteiger partial charge in [-0.15, -0.1) is 0 Å². The molecule has 1 aromatic carbocycles. The van der Waals surface area contributed by atoms with Gasteiger partial charge in [-0.3, -0.25) is 9.78 Å². The SMILES string of the molecule is CCOc1ccc(CCC(=O)Nc2ccc(C)nc2)cc1. The number of hydrogen-bond donors (Lipinski definition) is 1. The van der Waals surface area contributed by atoms with E-state index in [9.17, 15) is 4.79 Å². The lowest BCUT2D eigenvalue weighted by atomic mass is 10.1. The van der Waals surface area contributed by atoms with Crippen LogP contribution in [-0.2, 0) is 11.2 Å². The first-order valence-corrected chi connectivity index (χ1v) is 7.11. The minimum absolute atomic E-state index is 0.00506. The molecule has 0 aliphatic carbocycles. The van der Waals surface area contributed by atoms with Gasteiger partial charge in [0.05, 0.1) is 18.5 Å². The molecule has 0 bridgehead atoms. The highest BCUT2D eigenvalue weighted by Gasteiger charge is 2.04. The number of nitrogens with one attached hydrogen (secondary N) is 1. The van der Waals surface area contributed by atoms with Crippen molar-refractivity contribution in [1.29, 1.82) is 0 Å². The van der Waals surface area contributed by atoms with Gasteiger partial charge in [0.25, 0.3) is 0 Å². The lowest BCUT2D eigenvalue weighted by Gasteiger charge is -2.06. The summed E-state index contributed by atoms with van der Waals surface area (Å²) in [4.78, 5) is 16.0. The molecule has 21 heavy (non-hydrogen) atoms. The summed E-state index contributed by atoms with van der Waals surface area (Å²) in [5.74, 6) is 0.853. The number of carbonyl (C=O) groups is 1. The third-order valence-electron chi connectivity index (χ3n) is 3.07. The molecule has 0 saturated heterocycles. The van der Waals surface area contributed by atoms with Crippen molar-refractivity contribution >= 4 is 11.6 Å². The molecule has 0 unspecified atom stereocenters. The summed E-state index contributed by atoms with van der Waals surface area (Å²) < 4.78 is 5.39. The molecule has 4 nitrogen and oxygen atoms in total. The van der Waals surface area contributed by atoms with Gasteiger partial charge in [0.2, 0.25) is 5.91 Å². The molecule has 1 amide bonds. The Kier molecular flexibility index (Phi) is 5.32. The van der Waals surface area contributed by atoms with Gasteiger partial charge >= 0.3 is 0 Å². The van der Waals surface area contributed by atoms with Gasteiger partial charge in [-0.05, 0) is 50.1 Å². The number of ether oxygens (including phenoxy) is 1. The molecule has 0 atom stereocenters. The van der Waals surface area contributed by atoms with E-state index < -0.39 is 0 Å². The van der Waals surface area contributed by atoms with Crippen molar-refractivity contribution in [2.45, 2.75) is 26.7 Å². The summed E-state index contributed by atoms with van der Waals surface area (Å²) in [6.45, 7) is 4.53. The molecule has 1 heterocycles. The van der Waals surface area contributed by atoms with Gasteiger partial charge in [-0.25, -0.2) is 0 Å². The molecule has 0 aliphatic rings. The second kappa shape index (κ2) is 7.43. The maximum absolute atomic E-state index is 11.9. The average Bonchev–Trinajstić information content (AvgIpc) is 2.49. The zero-order valence-electron chi connectivity index (χ0n) is 12.4. The predicted octanol–water partition coefficient (Wildman–Crippen LogP) is 3.36. The molecule has 2 rings (SSSR count). The number of rotatable bonds is 6. The Balaban J connectivity index is 1.81. The Hall–Kier alpha value is -2.36. The van der Waals surface area contributed by atoms with Crippen LogP contribution in [0.2, 0.25) is 0 Å². The molecule has 2 aromatic rings. The largest absolute Gasteiger partial charge is 0.494 e. The van der Waals surface area contributed by atoms with Crippen LogP contribution in [0.25, 0.3) is 0 Å². The van der Waals surface area contributed by atoms with Crippen LogP contribution in [0.5, 0.6) is 5.75 Å². The first-order chi connectivity index (χ1) is 10.2. The fourth-order valence-corrected chi connectivity index (χ4v) is 1.94. The monoisotopic (exact) mass is 284 g/mol. The van der Waals surface area contributed by atoms with Gasteiger partial charge in [0.15, 0.2) is 0 Å². The number of anilines is 1. The summed E-state index contributed by atoms with van der Waals surface area (Å²) in [6, 6.07) is 11.6. The lowest BCUT2D eigenvalue weighted by molar-refractivity contribution is -0.116. The minimum atomic E-state index is -0.00506. The second-order valence-corrected chi connectivity index (χ2v) is 4.81. The fourth-order valence-electron chi connectivity index (χ4n) is 1.94. The Morgan fingerprint density at radius 1 is 1.19 bits per heavy atom. The molecule has 0 aliphatic heterocycles. The summed E-state index contributed by atoms with van der Waals surface area (Å²) in [5, 5.41) is 2.84. The van der Waals surface area contributed by atoms with E-state index in [2.05, 4.69) is 10.3 Å². The molecule has 0 spiro atoms. The van der Waals surface area contributed by atoms with E-state index in [0.717, 1.165) is 22.7 Å². The van der Waals surface area contributed by atoms with Crippen molar-refractivity contribution in [2.24, 2.45) is 0 Å². The van der Waals surface area contributed by atoms with Gasteiger partial charge in [-0.2, -0.15) is 0 Å². The summed E-state index contributed by atoms with van der Waals surface area (Å²) in [7, 11) is 0. The highest BCUT2D eigenvalue weighted by atomic mass is 16.5. The van der Waals surface area contributed by atoms with E-state index in [0.29, 0.717) is 19.4 Å². The van der Waals surface area contributed by atoms with Gasteiger partial charge in [0, 0.05) is 12.1 Å². The average molecular weight is 284 g/mol. The van der Waals surface area contributed by atoms with E-state index >= 15 is 0 Å². The highest BCUT2D eigenvalue weighted by Crippen LogP contribution is 2.14. The van der Waals surface area contributed by atoms with E-state index in [4.69, 9.17) is 4.74 Å². The molecule has 1 aromatic heterocycles. The Morgan fingerprint density at radius 2 is 1.95 bits per heavy atom. The van der Waals surface area contributed by atoms with Crippen LogP contribution in [0, 0.1) is 6.92 Å². The number of aryl methyl sites for hydroxylation is 2. The van der Waals surface area contributed by atoms with Crippen LogP contribution in [0.15, 0.2) is 42.6 Å². The van der Waals surface area contributed by atoms with Crippen LogP contribution in [0.1, 0.15) is 24.6 Å². The topological polar surface area (TPSA) is 51.2 Å². The molecule has 0 radical (unpaired) electrons. The van der Waals surface area contributed by atoms with Crippen molar-refractivity contribution in [3.05, 3.63) is 53.9 Å². The standard InChI is InChI=1S/C17H20N2O2/c1-3-21-16-9-5-14(6-10-16)7-11-17(20)19-15-8-4-13(2)18-12-15/h4-6,8-10,12H,3,7,11H2,1-2H3,(H,19,20). The second-order valence-electron chi connectivity index (χ2n) is 4.81. The molecule has 0 fully saturated rings. The van der Waals surface area contributed by atoms with Crippen LogP contribution in [0.4, 0.5) is 5.69 Å². The summed E-state index contributed by atoms with van der Waals surface area (Å²) >= 11 is 0.